The molecule has 0 fully saturated rings. The molecule has 0 amide bonds. The SMILES string of the molecule is C=CC1=CC(C)(C)Oc2cc(OC)ccc21. The summed E-state index contributed by atoms with van der Waals surface area (Å²) < 4.78 is 11.1. The average Bonchev–Trinajstić information content (AvgIpc) is 2.25. The van der Waals surface area contributed by atoms with E-state index in [-0.39, 0.29) is 5.60 Å². The van der Waals surface area contributed by atoms with E-state index in [9.17, 15) is 0 Å². The van der Waals surface area contributed by atoms with Gasteiger partial charge in [0.05, 0.1) is 7.11 Å². The summed E-state index contributed by atoms with van der Waals surface area (Å²) in [6, 6.07) is 5.84. The summed E-state index contributed by atoms with van der Waals surface area (Å²) in [5.41, 5.74) is 1.87. The second kappa shape index (κ2) is 3.71. The Morgan fingerprint density at radius 3 is 2.75 bits per heavy atom. The second-order valence-electron chi connectivity index (χ2n) is 4.37. The molecule has 0 saturated carbocycles. The molecule has 0 aromatic heterocycles. The van der Waals surface area contributed by atoms with E-state index in [1.54, 1.807) is 7.11 Å². The van der Waals surface area contributed by atoms with Crippen molar-refractivity contribution < 1.29 is 9.47 Å². The molecule has 1 aliphatic heterocycles. The monoisotopic (exact) mass is 216 g/mol. The van der Waals surface area contributed by atoms with Gasteiger partial charge in [-0.1, -0.05) is 12.7 Å². The Kier molecular flexibility index (Phi) is 2.50. The number of ether oxygens (including phenoxy) is 2. The largest absolute Gasteiger partial charge is 0.497 e. The summed E-state index contributed by atoms with van der Waals surface area (Å²) >= 11 is 0. The van der Waals surface area contributed by atoms with E-state index in [0.29, 0.717) is 0 Å². The van der Waals surface area contributed by atoms with Gasteiger partial charge in [0, 0.05) is 11.6 Å². The van der Waals surface area contributed by atoms with Crippen LogP contribution >= 0.6 is 0 Å². The Morgan fingerprint density at radius 2 is 2.12 bits per heavy atom. The molecule has 84 valence electrons. The van der Waals surface area contributed by atoms with Crippen molar-refractivity contribution in [1.82, 2.24) is 0 Å². The number of methoxy groups -OCH3 is 1. The molecule has 0 atom stereocenters. The van der Waals surface area contributed by atoms with E-state index in [1.165, 1.54) is 0 Å². The Balaban J connectivity index is 2.55. The first-order valence-electron chi connectivity index (χ1n) is 5.28. The molecule has 1 aromatic rings. The number of fused-ring (bicyclic) bond motifs is 1. The predicted molar refractivity (Wildman–Crippen MR) is 65.9 cm³/mol. The van der Waals surface area contributed by atoms with Crippen molar-refractivity contribution in [3.63, 3.8) is 0 Å². The Bertz CT molecular complexity index is 456. The summed E-state index contributed by atoms with van der Waals surface area (Å²) in [5.74, 6) is 1.65. The maximum atomic E-state index is 5.89. The molecule has 1 aromatic carbocycles. The van der Waals surface area contributed by atoms with E-state index in [4.69, 9.17) is 9.47 Å². The van der Waals surface area contributed by atoms with Gasteiger partial charge >= 0.3 is 0 Å². The summed E-state index contributed by atoms with van der Waals surface area (Å²) in [6.07, 6.45) is 3.93. The molecule has 2 rings (SSSR count). The molecule has 2 heteroatoms. The number of hydrogen-bond acceptors (Lipinski definition) is 2. The zero-order valence-electron chi connectivity index (χ0n) is 9.91. The highest BCUT2D eigenvalue weighted by Gasteiger charge is 2.25. The third-order valence-corrected chi connectivity index (χ3v) is 2.60. The zero-order valence-corrected chi connectivity index (χ0v) is 9.91. The van der Waals surface area contributed by atoms with E-state index >= 15 is 0 Å². The maximum Gasteiger partial charge on any atom is 0.132 e. The first kappa shape index (κ1) is 10.8. The number of benzene rings is 1. The molecule has 0 unspecified atom stereocenters. The highest BCUT2D eigenvalue weighted by atomic mass is 16.5. The summed E-state index contributed by atoms with van der Waals surface area (Å²) in [6.45, 7) is 7.89. The van der Waals surface area contributed by atoms with Gasteiger partial charge in [0.15, 0.2) is 0 Å². The third kappa shape index (κ3) is 1.83. The maximum absolute atomic E-state index is 5.89. The number of rotatable bonds is 2. The Hall–Kier alpha value is -1.70. The minimum Gasteiger partial charge on any atom is -0.497 e. The minimum atomic E-state index is -0.303. The lowest BCUT2D eigenvalue weighted by Crippen LogP contribution is -2.28. The molecule has 0 radical (unpaired) electrons. The lowest BCUT2D eigenvalue weighted by molar-refractivity contribution is 0.157. The van der Waals surface area contributed by atoms with Crippen molar-refractivity contribution in [2.24, 2.45) is 0 Å². The van der Waals surface area contributed by atoms with Gasteiger partial charge in [-0.3, -0.25) is 0 Å². The molecule has 1 heterocycles. The molecule has 1 aliphatic rings. The topological polar surface area (TPSA) is 18.5 Å². The molecule has 0 bridgehead atoms. The summed E-state index contributed by atoms with van der Waals surface area (Å²) in [4.78, 5) is 0. The molecule has 0 spiro atoms. The van der Waals surface area contributed by atoms with Crippen molar-refractivity contribution in [2.45, 2.75) is 19.4 Å². The van der Waals surface area contributed by atoms with Gasteiger partial charge in [0.25, 0.3) is 0 Å². The van der Waals surface area contributed by atoms with Gasteiger partial charge in [-0.15, -0.1) is 0 Å². The molecule has 16 heavy (non-hydrogen) atoms. The summed E-state index contributed by atoms with van der Waals surface area (Å²) in [7, 11) is 1.65. The smallest absolute Gasteiger partial charge is 0.132 e. The highest BCUT2D eigenvalue weighted by Crippen LogP contribution is 2.38. The van der Waals surface area contributed by atoms with Crippen LogP contribution in [-0.2, 0) is 0 Å². The molecular formula is C14H16O2. The van der Waals surface area contributed by atoms with Crippen LogP contribution in [0.25, 0.3) is 5.57 Å². The van der Waals surface area contributed by atoms with Gasteiger partial charge in [-0.05, 0) is 37.6 Å². The van der Waals surface area contributed by atoms with E-state index in [0.717, 1.165) is 22.6 Å². The van der Waals surface area contributed by atoms with Crippen LogP contribution in [0.4, 0.5) is 0 Å². The first-order valence-corrected chi connectivity index (χ1v) is 5.28. The Labute approximate surface area is 96.2 Å². The molecule has 2 nitrogen and oxygen atoms in total. The molecule has 0 N–H and O–H groups in total. The van der Waals surface area contributed by atoms with Crippen LogP contribution in [0.2, 0.25) is 0 Å². The van der Waals surface area contributed by atoms with Crippen LogP contribution in [0, 0.1) is 0 Å². The van der Waals surface area contributed by atoms with Crippen molar-refractivity contribution >= 4 is 5.57 Å². The van der Waals surface area contributed by atoms with Gasteiger partial charge in [0.1, 0.15) is 17.1 Å². The third-order valence-electron chi connectivity index (χ3n) is 2.60. The van der Waals surface area contributed by atoms with Crippen molar-refractivity contribution in [3.05, 3.63) is 42.5 Å². The summed E-state index contributed by atoms with van der Waals surface area (Å²) in [5, 5.41) is 0. The molecule has 0 saturated heterocycles. The predicted octanol–water partition coefficient (Wildman–Crippen LogP) is 3.44. The van der Waals surface area contributed by atoms with Gasteiger partial charge in [0.2, 0.25) is 0 Å². The van der Waals surface area contributed by atoms with Crippen LogP contribution in [0.5, 0.6) is 11.5 Å². The zero-order chi connectivity index (χ0) is 11.8. The fourth-order valence-electron chi connectivity index (χ4n) is 1.89. The van der Waals surface area contributed by atoms with E-state index in [1.807, 2.05) is 38.1 Å². The van der Waals surface area contributed by atoms with Crippen LogP contribution in [-0.4, -0.2) is 12.7 Å². The van der Waals surface area contributed by atoms with E-state index in [2.05, 4.69) is 12.7 Å². The fourth-order valence-corrected chi connectivity index (χ4v) is 1.89. The van der Waals surface area contributed by atoms with Crippen LogP contribution in [0.3, 0.4) is 0 Å². The number of hydrogen-bond donors (Lipinski definition) is 0. The van der Waals surface area contributed by atoms with Crippen molar-refractivity contribution in [2.75, 3.05) is 7.11 Å². The van der Waals surface area contributed by atoms with Gasteiger partial charge in [-0.2, -0.15) is 0 Å². The average molecular weight is 216 g/mol. The van der Waals surface area contributed by atoms with Crippen LogP contribution in [0.15, 0.2) is 36.9 Å². The highest BCUT2D eigenvalue weighted by molar-refractivity contribution is 5.80. The van der Waals surface area contributed by atoms with Crippen molar-refractivity contribution in [1.29, 1.82) is 0 Å². The van der Waals surface area contributed by atoms with Crippen LogP contribution < -0.4 is 9.47 Å². The second-order valence-corrected chi connectivity index (χ2v) is 4.37. The van der Waals surface area contributed by atoms with E-state index < -0.39 is 0 Å². The lowest BCUT2D eigenvalue weighted by Gasteiger charge is -2.30. The molecular weight excluding hydrogens is 200 g/mol. The fraction of sp³-hybridized carbons (Fsp3) is 0.286. The molecule has 0 aliphatic carbocycles. The Morgan fingerprint density at radius 1 is 1.38 bits per heavy atom. The minimum absolute atomic E-state index is 0.303. The standard InChI is InChI=1S/C14H16O2/c1-5-10-9-14(2,3)16-13-8-11(15-4)6-7-12(10)13/h5-9H,1H2,2-4H3. The van der Waals surface area contributed by atoms with Gasteiger partial charge < -0.3 is 9.47 Å². The van der Waals surface area contributed by atoms with Crippen molar-refractivity contribution in [3.8, 4) is 11.5 Å². The number of allylic oxidation sites excluding steroid dienone is 2. The lowest BCUT2D eigenvalue weighted by atomic mass is 9.95. The normalized spacial score (nSPS) is 16.8. The van der Waals surface area contributed by atoms with Gasteiger partial charge in [-0.25, -0.2) is 0 Å². The first-order chi connectivity index (χ1) is 7.55. The quantitative estimate of drug-likeness (QED) is 0.754. The van der Waals surface area contributed by atoms with Crippen LogP contribution in [0.1, 0.15) is 19.4 Å².